The third kappa shape index (κ3) is 1.85. The second-order valence-corrected chi connectivity index (χ2v) is 19.1. The average Bonchev–Trinajstić information content (AvgIpc) is 2.28. The average molecular weight is 279 g/mol. The maximum Gasteiger partial charge on any atom is 0.184 e. The fourth-order valence-corrected chi connectivity index (χ4v) is 14.8. The first-order chi connectivity index (χ1) is 8.16. The molecule has 0 spiro atoms. The van der Waals surface area contributed by atoms with Gasteiger partial charge in [0.2, 0.25) is 0 Å². The molecule has 0 aromatic carbocycles. The molecule has 100 valence electrons. The van der Waals surface area contributed by atoms with E-state index in [9.17, 15) is 0 Å². The van der Waals surface area contributed by atoms with Gasteiger partial charge in [0, 0.05) is 5.41 Å². The lowest BCUT2D eigenvalue weighted by atomic mass is 9.75. The van der Waals surface area contributed by atoms with Gasteiger partial charge in [0.15, 0.2) is 7.83 Å². The van der Waals surface area contributed by atoms with Crippen molar-refractivity contribution in [2.75, 3.05) is 0 Å². The van der Waals surface area contributed by atoms with Crippen molar-refractivity contribution >= 4 is 15.4 Å². The Kier molecular flexibility index (Phi) is 3.83. The van der Waals surface area contributed by atoms with Crippen molar-refractivity contribution in [2.45, 2.75) is 38.6 Å². The fraction of sp³-hybridized carbons (Fsp3) is 0.467. The zero-order chi connectivity index (χ0) is 14.2. The summed E-state index contributed by atoms with van der Waals surface area (Å²) in [7, 11) is -3.64. The van der Waals surface area contributed by atoms with Gasteiger partial charge in [-0.1, -0.05) is 23.6 Å². The lowest BCUT2D eigenvalue weighted by molar-refractivity contribution is 0.0215. The molecule has 3 heteroatoms. The summed E-state index contributed by atoms with van der Waals surface area (Å²) in [6, 6.07) is 1.03. The maximum atomic E-state index is 6.57. The normalized spacial score (nSPS) is 26.9. The number of rotatable bonds is 4. The van der Waals surface area contributed by atoms with Crippen LogP contribution in [0.25, 0.3) is 0 Å². The first-order valence-electron chi connectivity index (χ1n) is 6.40. The van der Waals surface area contributed by atoms with Crippen LogP contribution in [0.4, 0.5) is 0 Å². The van der Waals surface area contributed by atoms with Gasteiger partial charge in [0.05, 0.1) is 5.60 Å². The lowest BCUT2D eigenvalue weighted by Crippen LogP contribution is -2.71. The molecule has 1 aliphatic rings. The van der Waals surface area contributed by atoms with E-state index < -0.39 is 15.4 Å². The summed E-state index contributed by atoms with van der Waals surface area (Å²) in [5, 5.41) is 0. The van der Waals surface area contributed by atoms with E-state index in [4.69, 9.17) is 4.43 Å². The number of hydrogen-bond donors (Lipinski definition) is 0. The van der Waals surface area contributed by atoms with Crippen LogP contribution in [-0.2, 0) is 4.43 Å². The lowest BCUT2D eigenvalue weighted by Gasteiger charge is -2.58. The van der Waals surface area contributed by atoms with E-state index >= 15 is 0 Å². The molecule has 0 bridgehead atoms. The summed E-state index contributed by atoms with van der Waals surface area (Å²) >= 11 is 0. The molecule has 0 aromatic rings. The van der Waals surface area contributed by atoms with Crippen molar-refractivity contribution in [3.05, 3.63) is 49.9 Å². The van der Waals surface area contributed by atoms with Gasteiger partial charge < -0.3 is 4.43 Å². The molecular formula is C15H26OSi2. The Morgan fingerprint density at radius 2 is 1.44 bits per heavy atom. The standard InChI is InChI=1S/C15H26OSi2/c1-9-15(10-2)13-18(11-3,12-4)17(7,8)16-14(15,5)6/h9-12H,1-4,13H2,5-8H3. The zero-order valence-electron chi connectivity index (χ0n) is 12.3. The van der Waals surface area contributed by atoms with Crippen LogP contribution in [0.2, 0.25) is 19.1 Å². The Morgan fingerprint density at radius 3 is 1.78 bits per heavy atom. The van der Waals surface area contributed by atoms with Crippen molar-refractivity contribution in [2.24, 2.45) is 5.41 Å². The number of hydrogen-bond acceptors (Lipinski definition) is 1. The van der Waals surface area contributed by atoms with Gasteiger partial charge in [-0.15, -0.1) is 26.3 Å². The third-order valence-corrected chi connectivity index (χ3v) is 19.5. The molecule has 1 heterocycles. The van der Waals surface area contributed by atoms with Crippen LogP contribution in [0, 0.1) is 5.41 Å². The molecule has 0 saturated carbocycles. The minimum absolute atomic E-state index is 0.190. The molecule has 0 radical (unpaired) electrons. The highest BCUT2D eigenvalue weighted by atomic mass is 29.3. The largest absolute Gasteiger partial charge is 0.413 e. The summed E-state index contributed by atoms with van der Waals surface area (Å²) in [6.45, 7) is 25.1. The summed E-state index contributed by atoms with van der Waals surface area (Å²) in [5.74, 6) is 0. The molecule has 1 saturated heterocycles. The van der Waals surface area contributed by atoms with Crippen molar-refractivity contribution in [1.82, 2.24) is 0 Å². The van der Waals surface area contributed by atoms with E-state index in [2.05, 4.69) is 64.7 Å². The van der Waals surface area contributed by atoms with E-state index in [1.807, 2.05) is 12.2 Å². The Balaban J connectivity index is 3.46. The first kappa shape index (κ1) is 15.4. The highest BCUT2D eigenvalue weighted by Gasteiger charge is 2.61. The fourth-order valence-electron chi connectivity index (χ4n) is 3.18. The highest BCUT2D eigenvalue weighted by molar-refractivity contribution is 7.43. The van der Waals surface area contributed by atoms with Gasteiger partial charge in [0.1, 0.15) is 7.59 Å². The van der Waals surface area contributed by atoms with Crippen LogP contribution < -0.4 is 0 Å². The van der Waals surface area contributed by atoms with Gasteiger partial charge in [-0.3, -0.25) is 0 Å². The summed E-state index contributed by atoms with van der Waals surface area (Å²) in [6.07, 6.45) is 4.00. The molecule has 0 aliphatic carbocycles. The summed E-state index contributed by atoms with van der Waals surface area (Å²) in [4.78, 5) is 0. The van der Waals surface area contributed by atoms with E-state index in [-0.39, 0.29) is 11.0 Å². The zero-order valence-corrected chi connectivity index (χ0v) is 14.3. The van der Waals surface area contributed by atoms with Crippen LogP contribution in [0.15, 0.2) is 49.9 Å². The van der Waals surface area contributed by atoms with Gasteiger partial charge in [0.25, 0.3) is 0 Å². The maximum absolute atomic E-state index is 6.57. The van der Waals surface area contributed by atoms with Crippen LogP contribution in [0.3, 0.4) is 0 Å². The van der Waals surface area contributed by atoms with E-state index in [0.29, 0.717) is 0 Å². The molecular weight excluding hydrogens is 252 g/mol. The topological polar surface area (TPSA) is 9.23 Å². The molecule has 1 nitrogen and oxygen atoms in total. The summed E-state index contributed by atoms with van der Waals surface area (Å²) < 4.78 is 6.57. The van der Waals surface area contributed by atoms with Gasteiger partial charge >= 0.3 is 0 Å². The molecule has 18 heavy (non-hydrogen) atoms. The predicted molar refractivity (Wildman–Crippen MR) is 86.4 cm³/mol. The van der Waals surface area contributed by atoms with E-state index in [0.717, 1.165) is 6.04 Å². The Morgan fingerprint density at radius 1 is 1.00 bits per heavy atom. The quantitative estimate of drug-likeness (QED) is 0.549. The molecule has 0 unspecified atom stereocenters. The first-order valence-corrected chi connectivity index (χ1v) is 12.7. The third-order valence-electron chi connectivity index (χ3n) is 4.79. The van der Waals surface area contributed by atoms with E-state index in [1.165, 1.54) is 0 Å². The summed E-state index contributed by atoms with van der Waals surface area (Å²) in [5.41, 5.74) is 3.84. The molecule has 1 fully saturated rings. The second kappa shape index (κ2) is 4.47. The van der Waals surface area contributed by atoms with Gasteiger partial charge in [-0.25, -0.2) is 0 Å². The highest BCUT2D eigenvalue weighted by Crippen LogP contribution is 2.52. The Hall–Kier alpha value is -0.646. The Labute approximate surface area is 114 Å². The van der Waals surface area contributed by atoms with Crippen LogP contribution in [0.1, 0.15) is 13.8 Å². The Bertz CT molecular complexity index is 341. The van der Waals surface area contributed by atoms with Gasteiger partial charge in [-0.2, -0.15) is 0 Å². The molecule has 0 aromatic heterocycles. The van der Waals surface area contributed by atoms with Crippen LogP contribution in [0.5, 0.6) is 0 Å². The van der Waals surface area contributed by atoms with Crippen molar-refractivity contribution in [1.29, 1.82) is 0 Å². The van der Waals surface area contributed by atoms with Crippen LogP contribution in [-0.4, -0.2) is 21.0 Å². The smallest absolute Gasteiger partial charge is 0.184 e. The van der Waals surface area contributed by atoms with Crippen molar-refractivity contribution < 1.29 is 4.43 Å². The molecule has 0 amide bonds. The van der Waals surface area contributed by atoms with Crippen molar-refractivity contribution in [3.8, 4) is 0 Å². The van der Waals surface area contributed by atoms with E-state index in [1.54, 1.807) is 0 Å². The SMILES string of the molecule is C=CC1(C=C)C[Si](C=C)(C=C)[Si](C)(C)OC1(C)C. The van der Waals surface area contributed by atoms with Crippen molar-refractivity contribution in [3.63, 3.8) is 0 Å². The van der Waals surface area contributed by atoms with Gasteiger partial charge in [-0.05, 0) is 33.0 Å². The molecule has 1 aliphatic heterocycles. The second-order valence-electron chi connectivity index (χ2n) is 6.20. The molecule has 0 N–H and O–H groups in total. The monoisotopic (exact) mass is 278 g/mol. The molecule has 1 rings (SSSR count). The minimum atomic E-state index is -1.82. The minimum Gasteiger partial charge on any atom is -0.413 e. The molecule has 0 atom stereocenters. The van der Waals surface area contributed by atoms with Crippen LogP contribution >= 0.6 is 0 Å². The predicted octanol–water partition coefficient (Wildman–Crippen LogP) is 4.34.